The molecule has 0 unspecified atom stereocenters. The van der Waals surface area contributed by atoms with Gasteiger partial charge in [-0.25, -0.2) is 0 Å². The van der Waals surface area contributed by atoms with Crippen molar-refractivity contribution >= 4 is 84.2 Å². The zero-order chi connectivity index (χ0) is 57.5. The van der Waals surface area contributed by atoms with E-state index < -0.39 is 23.5 Å². The normalized spacial score (nSPS) is 12.1. The lowest BCUT2D eigenvalue weighted by atomic mass is 9.91. The summed E-state index contributed by atoms with van der Waals surface area (Å²) in [4.78, 5) is 4.39. The summed E-state index contributed by atoms with van der Waals surface area (Å²) in [6.07, 6.45) is -9.99. The standard InChI is InChI=1S/C71H50F6N4S2/c1-41-36-44(4)65(45(5)37-41)51-18-30-58-49(38-51)20-34-63-66(58)60-39-50(19-33-62(60)81(63)55-26-28-56(29-27-55)82-69-42(2)10-9-11-43(69)3)59-32-35-64(68-67(59)78-83-79-68)80(53-22-14-47(15-23-53)46-12-7-6-8-13-46)54-24-16-48(17-25-54)57-31-21-52(70(72,73)74)40-61(57)71(75,76)77/h6-40H,1-5H3. The molecule has 0 saturated heterocycles. The highest BCUT2D eigenvalue weighted by Crippen LogP contribution is 2.47. The van der Waals surface area contributed by atoms with Gasteiger partial charge in [-0.2, -0.15) is 35.1 Å². The minimum Gasteiger partial charge on any atom is -0.309 e. The Morgan fingerprint density at radius 3 is 1.75 bits per heavy atom. The second-order valence-corrected chi connectivity index (χ2v) is 22.8. The van der Waals surface area contributed by atoms with Gasteiger partial charge in [-0.1, -0.05) is 133 Å². The maximum Gasteiger partial charge on any atom is 0.417 e. The van der Waals surface area contributed by atoms with Gasteiger partial charge in [-0.3, -0.25) is 0 Å². The second kappa shape index (κ2) is 20.8. The number of aryl methyl sites for hydroxylation is 5. The van der Waals surface area contributed by atoms with Crippen molar-refractivity contribution in [2.75, 3.05) is 4.90 Å². The summed E-state index contributed by atoms with van der Waals surface area (Å²) >= 11 is 2.86. The molecule has 0 aliphatic carbocycles. The number of anilines is 3. The van der Waals surface area contributed by atoms with Gasteiger partial charge in [0.2, 0.25) is 0 Å². The van der Waals surface area contributed by atoms with E-state index in [-0.39, 0.29) is 17.2 Å². The summed E-state index contributed by atoms with van der Waals surface area (Å²) in [5, 5.41) is 4.43. The molecule has 0 spiro atoms. The SMILES string of the molecule is Cc1cc(C)c(-c2ccc3c(ccc4c3c3cc(-c5ccc(N(c6ccc(-c7ccccc7)cc6)c6ccc(-c7ccc(C(F)(F)F)cc7C(F)(F)F)cc6)c6nsnc56)ccc3n4-c3ccc(Sc4c(C)cccc4C)cc3)c2)c(C)c1. The van der Waals surface area contributed by atoms with E-state index in [0.717, 1.165) is 88.9 Å². The summed E-state index contributed by atoms with van der Waals surface area (Å²) in [5.41, 5.74) is 15.8. The fraction of sp³-hybridized carbons (Fsp3) is 0.0986. The van der Waals surface area contributed by atoms with Gasteiger partial charge in [0.1, 0.15) is 11.0 Å². The predicted molar refractivity (Wildman–Crippen MR) is 330 cm³/mol. The van der Waals surface area contributed by atoms with Crippen molar-refractivity contribution in [1.29, 1.82) is 0 Å². The molecule has 408 valence electrons. The molecule has 0 saturated carbocycles. The van der Waals surface area contributed by atoms with E-state index in [9.17, 15) is 26.3 Å². The van der Waals surface area contributed by atoms with Gasteiger partial charge < -0.3 is 9.47 Å². The smallest absolute Gasteiger partial charge is 0.309 e. The Labute approximate surface area is 484 Å². The van der Waals surface area contributed by atoms with Crippen LogP contribution in [0.5, 0.6) is 0 Å². The maximum atomic E-state index is 14.5. The van der Waals surface area contributed by atoms with Crippen molar-refractivity contribution < 1.29 is 26.3 Å². The first kappa shape index (κ1) is 53.3. The molecule has 0 N–H and O–H groups in total. The van der Waals surface area contributed by atoms with E-state index in [4.69, 9.17) is 8.75 Å². The molecule has 0 fully saturated rings. The third-order valence-electron chi connectivity index (χ3n) is 15.7. The van der Waals surface area contributed by atoms with Gasteiger partial charge >= 0.3 is 12.4 Å². The van der Waals surface area contributed by atoms with E-state index in [1.54, 1.807) is 23.9 Å². The highest BCUT2D eigenvalue weighted by Gasteiger charge is 2.38. The molecule has 83 heavy (non-hydrogen) atoms. The van der Waals surface area contributed by atoms with Crippen LogP contribution in [0.3, 0.4) is 0 Å². The van der Waals surface area contributed by atoms with Crippen LogP contribution >= 0.6 is 23.5 Å². The average molecular weight is 1140 g/mol. The fourth-order valence-corrected chi connectivity index (χ4v) is 13.5. The van der Waals surface area contributed by atoms with E-state index in [0.29, 0.717) is 28.5 Å². The average Bonchev–Trinajstić information content (AvgIpc) is 1.96. The van der Waals surface area contributed by atoms with Gasteiger partial charge in [-0.05, 0) is 204 Å². The number of fused-ring (bicyclic) bond motifs is 6. The summed E-state index contributed by atoms with van der Waals surface area (Å²) in [5.74, 6) is 0. The highest BCUT2D eigenvalue weighted by molar-refractivity contribution is 7.99. The van der Waals surface area contributed by atoms with Crippen LogP contribution in [-0.4, -0.2) is 13.3 Å². The van der Waals surface area contributed by atoms with Crippen LogP contribution in [0.1, 0.15) is 38.9 Å². The maximum absolute atomic E-state index is 14.5. The first-order chi connectivity index (χ1) is 40.0. The third kappa shape index (κ3) is 9.79. The first-order valence-corrected chi connectivity index (χ1v) is 28.6. The molecular formula is C71H50F6N4S2. The number of hydrogen-bond acceptors (Lipinski definition) is 5. The van der Waals surface area contributed by atoms with Crippen molar-refractivity contribution in [3.8, 4) is 50.2 Å². The summed E-state index contributed by atoms with van der Waals surface area (Å²) in [6, 6.07) is 67.6. The number of alkyl halides is 6. The van der Waals surface area contributed by atoms with Gasteiger partial charge in [0, 0.05) is 43.2 Å². The van der Waals surface area contributed by atoms with Crippen LogP contribution in [0.4, 0.5) is 43.4 Å². The van der Waals surface area contributed by atoms with E-state index in [1.807, 2.05) is 71.6 Å². The van der Waals surface area contributed by atoms with Crippen molar-refractivity contribution in [3.05, 3.63) is 251 Å². The quantitative estimate of drug-likeness (QED) is 0.128. The Morgan fingerprint density at radius 1 is 0.458 bits per heavy atom. The molecule has 12 heteroatoms. The lowest BCUT2D eigenvalue weighted by Gasteiger charge is -2.26. The zero-order valence-corrected chi connectivity index (χ0v) is 47.2. The van der Waals surface area contributed by atoms with Crippen molar-refractivity contribution in [3.63, 3.8) is 0 Å². The number of halogens is 6. The molecule has 0 aliphatic heterocycles. The number of benzene rings is 11. The van der Waals surface area contributed by atoms with Gasteiger partial charge in [0.25, 0.3) is 0 Å². The first-order valence-electron chi connectivity index (χ1n) is 27.0. The summed E-state index contributed by atoms with van der Waals surface area (Å²) in [6.45, 7) is 10.8. The molecule has 0 atom stereocenters. The molecule has 4 nitrogen and oxygen atoms in total. The Hall–Kier alpha value is -8.97. The highest BCUT2D eigenvalue weighted by atomic mass is 32.2. The molecule has 0 aliphatic rings. The van der Waals surface area contributed by atoms with Crippen molar-refractivity contribution in [2.24, 2.45) is 0 Å². The molecule has 0 bridgehead atoms. The van der Waals surface area contributed by atoms with Gasteiger partial charge in [-0.15, -0.1) is 0 Å². The van der Waals surface area contributed by atoms with Crippen LogP contribution in [0.25, 0.3) is 93.8 Å². The lowest BCUT2D eigenvalue weighted by Crippen LogP contribution is -2.12. The molecule has 0 amide bonds. The number of aromatic nitrogens is 3. The van der Waals surface area contributed by atoms with E-state index >= 15 is 0 Å². The van der Waals surface area contributed by atoms with Crippen LogP contribution in [-0.2, 0) is 12.4 Å². The molecule has 11 aromatic carbocycles. The molecule has 13 rings (SSSR count). The Balaban J connectivity index is 0.951. The van der Waals surface area contributed by atoms with Crippen molar-refractivity contribution in [1.82, 2.24) is 13.3 Å². The van der Waals surface area contributed by atoms with Crippen LogP contribution < -0.4 is 4.90 Å². The number of hydrogen-bond donors (Lipinski definition) is 0. The monoisotopic (exact) mass is 1140 g/mol. The third-order valence-corrected chi connectivity index (χ3v) is 17.6. The topological polar surface area (TPSA) is 34.0 Å². The fourth-order valence-electron chi connectivity index (χ4n) is 12.0. The lowest BCUT2D eigenvalue weighted by molar-refractivity contribution is -0.142. The molecule has 13 aromatic rings. The minimum absolute atomic E-state index is 0.107. The number of nitrogens with zero attached hydrogens (tertiary/aromatic N) is 4. The van der Waals surface area contributed by atoms with Gasteiger partial charge in [0.05, 0.1) is 39.6 Å². The van der Waals surface area contributed by atoms with Crippen LogP contribution in [0.15, 0.2) is 222 Å². The van der Waals surface area contributed by atoms with Gasteiger partial charge in [0.15, 0.2) is 0 Å². The molecule has 2 heterocycles. The minimum atomic E-state index is -5.04. The summed E-state index contributed by atoms with van der Waals surface area (Å²) < 4.78 is 96.7. The Kier molecular flexibility index (Phi) is 13.4. The molecule has 0 radical (unpaired) electrons. The largest absolute Gasteiger partial charge is 0.417 e. The Morgan fingerprint density at radius 2 is 1.07 bits per heavy atom. The Bertz CT molecular complexity index is 4620. The zero-order valence-electron chi connectivity index (χ0n) is 45.6. The van der Waals surface area contributed by atoms with Crippen LogP contribution in [0, 0.1) is 34.6 Å². The van der Waals surface area contributed by atoms with Crippen LogP contribution in [0.2, 0.25) is 0 Å². The van der Waals surface area contributed by atoms with E-state index in [1.165, 1.54) is 56.0 Å². The molecule has 2 aromatic heterocycles. The second-order valence-electron chi connectivity index (χ2n) is 21.2. The summed E-state index contributed by atoms with van der Waals surface area (Å²) in [7, 11) is 0. The van der Waals surface area contributed by atoms with E-state index in [2.05, 4.69) is 142 Å². The molecular weight excluding hydrogens is 1090 g/mol. The predicted octanol–water partition coefficient (Wildman–Crippen LogP) is 21.8. The van der Waals surface area contributed by atoms with Crippen molar-refractivity contribution in [2.45, 2.75) is 56.8 Å². The number of rotatable bonds is 10.